The number of carbonyl (C=O) groups is 2. The third-order valence-electron chi connectivity index (χ3n) is 5.64. The molecule has 0 aliphatic carbocycles. The summed E-state index contributed by atoms with van der Waals surface area (Å²) in [5.41, 5.74) is -0.511. The van der Waals surface area contributed by atoms with Crippen molar-refractivity contribution in [2.24, 2.45) is 5.92 Å². The Hall–Kier alpha value is -1.06. The number of nitrogens with one attached hydrogen (secondary N) is 2. The molecule has 0 saturated carbocycles. The standard InChI is InChI=1S/C23H44N2O6/c1-8-23(6,7)31-22-18(27)13-17(26)20(30-22)21(29)24-12-10-9-11-16(25-15(4)5)19(28)14(2)3/h14-18,20,22,25-27H,8-13H2,1-7H3,(H,24,29)/t16-,17?,18?,20-,22?/m0/s1. The van der Waals surface area contributed by atoms with E-state index in [2.05, 4.69) is 10.6 Å². The van der Waals surface area contributed by atoms with E-state index in [1.54, 1.807) is 0 Å². The number of Topliss-reactive ketones (excluding diaryl/α,β-unsaturated/α-hetero) is 1. The molecule has 0 bridgehead atoms. The highest BCUT2D eigenvalue weighted by Gasteiger charge is 2.42. The number of rotatable bonds is 13. The molecule has 1 amide bonds. The summed E-state index contributed by atoms with van der Waals surface area (Å²) in [6.07, 6.45) is -1.20. The highest BCUT2D eigenvalue weighted by atomic mass is 16.7. The molecule has 0 spiro atoms. The smallest absolute Gasteiger partial charge is 0.251 e. The van der Waals surface area contributed by atoms with E-state index in [1.807, 2.05) is 48.5 Å². The minimum absolute atomic E-state index is 0.0163. The van der Waals surface area contributed by atoms with Crippen LogP contribution in [-0.4, -0.2) is 70.7 Å². The van der Waals surface area contributed by atoms with Crippen molar-refractivity contribution in [1.29, 1.82) is 0 Å². The summed E-state index contributed by atoms with van der Waals surface area (Å²) in [7, 11) is 0. The summed E-state index contributed by atoms with van der Waals surface area (Å²) in [5.74, 6) is -0.238. The van der Waals surface area contributed by atoms with Gasteiger partial charge in [-0.15, -0.1) is 0 Å². The third-order valence-corrected chi connectivity index (χ3v) is 5.64. The first kappa shape index (κ1) is 28.0. The fraction of sp³-hybridized carbons (Fsp3) is 0.913. The number of ether oxygens (including phenoxy) is 2. The lowest BCUT2D eigenvalue weighted by Crippen LogP contribution is -2.55. The molecule has 1 aliphatic heterocycles. The van der Waals surface area contributed by atoms with Gasteiger partial charge in [0.25, 0.3) is 5.91 Å². The predicted octanol–water partition coefficient (Wildman–Crippen LogP) is 1.91. The van der Waals surface area contributed by atoms with Gasteiger partial charge in [-0.1, -0.05) is 34.6 Å². The molecule has 3 unspecified atom stereocenters. The summed E-state index contributed by atoms with van der Waals surface area (Å²) in [6.45, 7) is 14.0. The molecule has 0 aromatic rings. The Morgan fingerprint density at radius 3 is 2.32 bits per heavy atom. The second-order valence-electron chi connectivity index (χ2n) is 9.74. The fourth-order valence-corrected chi connectivity index (χ4v) is 3.45. The van der Waals surface area contributed by atoms with Gasteiger partial charge in [-0.05, 0) is 39.5 Å². The Balaban J connectivity index is 2.49. The van der Waals surface area contributed by atoms with E-state index < -0.39 is 36.1 Å². The van der Waals surface area contributed by atoms with Gasteiger partial charge in [0.15, 0.2) is 18.2 Å². The normalized spacial score (nSPS) is 25.6. The first-order valence-electron chi connectivity index (χ1n) is 11.6. The van der Waals surface area contributed by atoms with Gasteiger partial charge in [-0.2, -0.15) is 0 Å². The van der Waals surface area contributed by atoms with E-state index in [1.165, 1.54) is 0 Å². The maximum absolute atomic E-state index is 12.5. The van der Waals surface area contributed by atoms with Crippen molar-refractivity contribution in [2.45, 2.75) is 123 Å². The molecule has 8 heteroatoms. The molecule has 31 heavy (non-hydrogen) atoms. The summed E-state index contributed by atoms with van der Waals surface area (Å²) in [5, 5.41) is 26.5. The van der Waals surface area contributed by atoms with Crippen molar-refractivity contribution < 1.29 is 29.3 Å². The molecule has 182 valence electrons. The topological polar surface area (TPSA) is 117 Å². The number of hydrogen-bond acceptors (Lipinski definition) is 7. The number of hydrogen-bond donors (Lipinski definition) is 4. The van der Waals surface area contributed by atoms with Crippen molar-refractivity contribution in [2.75, 3.05) is 6.54 Å². The van der Waals surface area contributed by atoms with Gasteiger partial charge >= 0.3 is 0 Å². The van der Waals surface area contributed by atoms with Gasteiger partial charge < -0.3 is 30.3 Å². The molecule has 0 aromatic heterocycles. The molecule has 1 rings (SSSR count). The number of aliphatic hydroxyl groups excluding tert-OH is 2. The second kappa shape index (κ2) is 12.8. The maximum Gasteiger partial charge on any atom is 0.251 e. The van der Waals surface area contributed by atoms with E-state index >= 15 is 0 Å². The Morgan fingerprint density at radius 1 is 1.13 bits per heavy atom. The molecule has 4 N–H and O–H groups in total. The van der Waals surface area contributed by atoms with Gasteiger partial charge in [0, 0.05) is 24.9 Å². The van der Waals surface area contributed by atoms with Gasteiger partial charge in [0.1, 0.15) is 6.10 Å². The van der Waals surface area contributed by atoms with Crippen LogP contribution < -0.4 is 10.6 Å². The lowest BCUT2D eigenvalue weighted by atomic mass is 9.96. The minimum Gasteiger partial charge on any atom is -0.390 e. The molecular formula is C23H44N2O6. The zero-order valence-corrected chi connectivity index (χ0v) is 20.3. The number of ketones is 1. The third kappa shape index (κ3) is 9.53. The van der Waals surface area contributed by atoms with Gasteiger partial charge in [-0.25, -0.2) is 0 Å². The first-order chi connectivity index (χ1) is 14.4. The molecule has 8 nitrogen and oxygen atoms in total. The van der Waals surface area contributed by atoms with Crippen LogP contribution in [0.4, 0.5) is 0 Å². The predicted molar refractivity (Wildman–Crippen MR) is 120 cm³/mol. The van der Waals surface area contributed by atoms with Crippen molar-refractivity contribution in [1.82, 2.24) is 10.6 Å². The summed E-state index contributed by atoms with van der Waals surface area (Å²) >= 11 is 0. The molecule has 0 radical (unpaired) electrons. The molecule has 1 heterocycles. The lowest BCUT2D eigenvalue weighted by Gasteiger charge is -2.39. The minimum atomic E-state index is -1.09. The monoisotopic (exact) mass is 444 g/mol. The highest BCUT2D eigenvalue weighted by Crippen LogP contribution is 2.26. The molecule has 0 aromatic carbocycles. The van der Waals surface area contributed by atoms with Crippen LogP contribution in [0.2, 0.25) is 0 Å². The Morgan fingerprint density at radius 2 is 1.77 bits per heavy atom. The van der Waals surface area contributed by atoms with Gasteiger partial charge in [0.2, 0.25) is 0 Å². The second-order valence-corrected chi connectivity index (χ2v) is 9.74. The zero-order chi connectivity index (χ0) is 23.8. The van der Waals surface area contributed by atoms with Crippen LogP contribution in [0.25, 0.3) is 0 Å². The molecule has 1 saturated heterocycles. The Labute approximate surface area is 187 Å². The average Bonchev–Trinajstić information content (AvgIpc) is 2.67. The first-order valence-corrected chi connectivity index (χ1v) is 11.6. The van der Waals surface area contributed by atoms with E-state index in [0.717, 1.165) is 6.42 Å². The SMILES string of the molecule is CCC(C)(C)OC1O[C@H](C(=O)NCCCC[C@H](NC(C)C)C(=O)C(C)C)C(O)CC1O. The van der Waals surface area contributed by atoms with Crippen LogP contribution in [0.5, 0.6) is 0 Å². The lowest BCUT2D eigenvalue weighted by molar-refractivity contribution is -0.289. The van der Waals surface area contributed by atoms with E-state index in [9.17, 15) is 19.8 Å². The molecule has 1 fully saturated rings. The number of unbranched alkanes of at least 4 members (excludes halogenated alkanes) is 1. The van der Waals surface area contributed by atoms with Crippen LogP contribution in [0, 0.1) is 5.92 Å². The van der Waals surface area contributed by atoms with Crippen LogP contribution in [-0.2, 0) is 19.1 Å². The summed E-state index contributed by atoms with van der Waals surface area (Å²) in [6, 6.07) is 0.0426. The number of aliphatic hydroxyl groups is 2. The largest absolute Gasteiger partial charge is 0.390 e. The van der Waals surface area contributed by atoms with Crippen LogP contribution in [0.3, 0.4) is 0 Å². The Kier molecular flexibility index (Phi) is 11.6. The van der Waals surface area contributed by atoms with Crippen LogP contribution in [0.1, 0.15) is 80.6 Å². The quantitative estimate of drug-likeness (QED) is 0.321. The van der Waals surface area contributed by atoms with E-state index in [-0.39, 0.29) is 30.2 Å². The van der Waals surface area contributed by atoms with E-state index in [4.69, 9.17) is 9.47 Å². The molecule has 1 aliphatic rings. The van der Waals surface area contributed by atoms with Crippen LogP contribution in [0.15, 0.2) is 0 Å². The molecule has 5 atom stereocenters. The van der Waals surface area contributed by atoms with Gasteiger partial charge in [0.05, 0.1) is 17.7 Å². The average molecular weight is 445 g/mol. The zero-order valence-electron chi connectivity index (χ0n) is 20.3. The van der Waals surface area contributed by atoms with Crippen molar-refractivity contribution in [3.05, 3.63) is 0 Å². The molecular weight excluding hydrogens is 400 g/mol. The highest BCUT2D eigenvalue weighted by molar-refractivity contribution is 5.85. The van der Waals surface area contributed by atoms with E-state index in [0.29, 0.717) is 25.8 Å². The van der Waals surface area contributed by atoms with Gasteiger partial charge in [-0.3, -0.25) is 9.59 Å². The van der Waals surface area contributed by atoms with Crippen molar-refractivity contribution >= 4 is 11.7 Å². The number of carbonyl (C=O) groups excluding carboxylic acids is 2. The fourth-order valence-electron chi connectivity index (χ4n) is 3.45. The summed E-state index contributed by atoms with van der Waals surface area (Å²) < 4.78 is 11.4. The van der Waals surface area contributed by atoms with Crippen LogP contribution >= 0.6 is 0 Å². The number of amides is 1. The van der Waals surface area contributed by atoms with Crippen molar-refractivity contribution in [3.8, 4) is 0 Å². The Bertz CT molecular complexity index is 566. The van der Waals surface area contributed by atoms with Crippen molar-refractivity contribution in [3.63, 3.8) is 0 Å². The maximum atomic E-state index is 12.5. The summed E-state index contributed by atoms with van der Waals surface area (Å²) in [4.78, 5) is 24.9.